The maximum Gasteiger partial charge on any atom is 0.352 e. The molecule has 8 heteroatoms. The van der Waals surface area contributed by atoms with Gasteiger partial charge in [0.25, 0.3) is 0 Å². The van der Waals surface area contributed by atoms with E-state index in [1.807, 2.05) is 13.8 Å². The van der Waals surface area contributed by atoms with E-state index in [0.717, 1.165) is 12.8 Å². The lowest BCUT2D eigenvalue weighted by Crippen LogP contribution is -2.10. The molecule has 0 aromatic carbocycles. The molecular formula is C11H19N5O3. The molecular weight excluding hydrogens is 250 g/mol. The molecule has 3 N–H and O–H groups in total. The quantitative estimate of drug-likeness (QED) is 0.418. The number of nitrogens with two attached hydrogens (primary N) is 1. The Morgan fingerprint density at radius 3 is 2.84 bits per heavy atom. The highest BCUT2D eigenvalue weighted by atomic mass is 16.6. The SMILES string of the molecule is CC(C)OCCCCNc1ncnc(N)c1[N+](=O)[O-]. The van der Waals surface area contributed by atoms with Crippen LogP contribution in [0.4, 0.5) is 17.3 Å². The van der Waals surface area contributed by atoms with Crippen LogP contribution in [0, 0.1) is 10.1 Å². The molecule has 0 aliphatic carbocycles. The van der Waals surface area contributed by atoms with Crippen molar-refractivity contribution in [2.75, 3.05) is 24.2 Å². The van der Waals surface area contributed by atoms with E-state index in [4.69, 9.17) is 10.5 Å². The number of rotatable bonds is 8. The Bertz CT molecular complexity index is 425. The first-order valence-corrected chi connectivity index (χ1v) is 6.12. The highest BCUT2D eigenvalue weighted by Gasteiger charge is 2.20. The van der Waals surface area contributed by atoms with Crippen LogP contribution in [0.15, 0.2) is 6.33 Å². The van der Waals surface area contributed by atoms with Crippen molar-refractivity contribution < 1.29 is 9.66 Å². The van der Waals surface area contributed by atoms with Crippen molar-refractivity contribution in [3.05, 3.63) is 16.4 Å². The molecule has 0 amide bonds. The molecule has 1 aromatic heterocycles. The van der Waals surface area contributed by atoms with E-state index in [9.17, 15) is 10.1 Å². The third kappa shape index (κ3) is 5.04. The van der Waals surface area contributed by atoms with Gasteiger partial charge in [-0.25, -0.2) is 9.97 Å². The van der Waals surface area contributed by atoms with Crippen LogP contribution in [0.25, 0.3) is 0 Å². The fourth-order valence-corrected chi connectivity index (χ4v) is 1.45. The van der Waals surface area contributed by atoms with E-state index in [-0.39, 0.29) is 23.4 Å². The summed E-state index contributed by atoms with van der Waals surface area (Å²) in [7, 11) is 0. The Labute approximate surface area is 111 Å². The second kappa shape index (κ2) is 7.47. The van der Waals surface area contributed by atoms with E-state index in [1.54, 1.807) is 0 Å². The van der Waals surface area contributed by atoms with Crippen molar-refractivity contribution in [2.45, 2.75) is 32.8 Å². The molecule has 0 saturated carbocycles. The summed E-state index contributed by atoms with van der Waals surface area (Å²) in [5.41, 5.74) is 5.18. The fourth-order valence-electron chi connectivity index (χ4n) is 1.45. The van der Waals surface area contributed by atoms with Crippen LogP contribution in [0.2, 0.25) is 0 Å². The van der Waals surface area contributed by atoms with Crippen molar-refractivity contribution in [2.24, 2.45) is 0 Å². The van der Waals surface area contributed by atoms with E-state index in [2.05, 4.69) is 15.3 Å². The van der Waals surface area contributed by atoms with Gasteiger partial charge in [-0.3, -0.25) is 10.1 Å². The number of ether oxygens (including phenoxy) is 1. The average molecular weight is 269 g/mol. The van der Waals surface area contributed by atoms with Gasteiger partial charge in [-0.1, -0.05) is 0 Å². The van der Waals surface area contributed by atoms with Gasteiger partial charge in [-0.2, -0.15) is 0 Å². The van der Waals surface area contributed by atoms with Gasteiger partial charge in [-0.15, -0.1) is 0 Å². The first-order chi connectivity index (χ1) is 9.02. The molecule has 0 saturated heterocycles. The van der Waals surface area contributed by atoms with Gasteiger partial charge in [0.2, 0.25) is 11.6 Å². The standard InChI is InChI=1S/C11H19N5O3/c1-8(2)19-6-4-3-5-13-11-9(16(17)18)10(12)14-7-15-11/h7-8H,3-6H2,1-2H3,(H3,12,13,14,15). The number of nitrogens with zero attached hydrogens (tertiary/aromatic N) is 3. The number of nitrogen functional groups attached to an aromatic ring is 1. The summed E-state index contributed by atoms with van der Waals surface area (Å²) in [5, 5.41) is 13.7. The minimum Gasteiger partial charge on any atom is -0.379 e. The van der Waals surface area contributed by atoms with Gasteiger partial charge in [0, 0.05) is 13.2 Å². The third-order valence-corrected chi connectivity index (χ3v) is 2.35. The van der Waals surface area contributed by atoms with Crippen molar-refractivity contribution in [1.82, 2.24) is 9.97 Å². The Morgan fingerprint density at radius 2 is 2.21 bits per heavy atom. The highest BCUT2D eigenvalue weighted by Crippen LogP contribution is 2.25. The molecule has 1 aromatic rings. The van der Waals surface area contributed by atoms with Gasteiger partial charge in [0.15, 0.2) is 0 Å². The monoisotopic (exact) mass is 269 g/mol. The van der Waals surface area contributed by atoms with Gasteiger partial charge in [0.05, 0.1) is 11.0 Å². The third-order valence-electron chi connectivity index (χ3n) is 2.35. The van der Waals surface area contributed by atoms with Crippen LogP contribution in [-0.2, 0) is 4.74 Å². The first-order valence-electron chi connectivity index (χ1n) is 6.12. The molecule has 19 heavy (non-hydrogen) atoms. The normalized spacial score (nSPS) is 10.7. The lowest BCUT2D eigenvalue weighted by atomic mass is 10.3. The van der Waals surface area contributed by atoms with Crippen molar-refractivity contribution in [1.29, 1.82) is 0 Å². The van der Waals surface area contributed by atoms with E-state index in [0.29, 0.717) is 13.2 Å². The van der Waals surface area contributed by atoms with Crippen LogP contribution >= 0.6 is 0 Å². The summed E-state index contributed by atoms with van der Waals surface area (Å²) >= 11 is 0. The number of unbranched alkanes of at least 4 members (excludes halogenated alkanes) is 1. The number of nitro groups is 1. The summed E-state index contributed by atoms with van der Waals surface area (Å²) in [4.78, 5) is 17.7. The van der Waals surface area contributed by atoms with Crippen molar-refractivity contribution >= 4 is 17.3 Å². The maximum atomic E-state index is 10.8. The number of hydrogen-bond acceptors (Lipinski definition) is 7. The second-order valence-electron chi connectivity index (χ2n) is 4.27. The average Bonchev–Trinajstić information content (AvgIpc) is 2.32. The molecule has 0 bridgehead atoms. The lowest BCUT2D eigenvalue weighted by molar-refractivity contribution is -0.383. The zero-order valence-corrected chi connectivity index (χ0v) is 11.1. The number of aromatic nitrogens is 2. The molecule has 0 unspecified atom stereocenters. The molecule has 0 aliphatic rings. The molecule has 8 nitrogen and oxygen atoms in total. The van der Waals surface area contributed by atoms with Gasteiger partial charge < -0.3 is 15.8 Å². The molecule has 0 fully saturated rings. The Kier molecular flexibility index (Phi) is 5.94. The Hall–Kier alpha value is -1.96. The van der Waals surface area contributed by atoms with E-state index >= 15 is 0 Å². The summed E-state index contributed by atoms with van der Waals surface area (Å²) in [6.45, 7) is 5.20. The number of anilines is 2. The molecule has 1 heterocycles. The molecule has 0 aliphatic heterocycles. The lowest BCUT2D eigenvalue weighted by Gasteiger charge is -2.08. The molecule has 0 atom stereocenters. The fraction of sp³-hybridized carbons (Fsp3) is 0.636. The van der Waals surface area contributed by atoms with Crippen LogP contribution in [0.3, 0.4) is 0 Å². The van der Waals surface area contributed by atoms with Gasteiger partial charge in [-0.05, 0) is 26.7 Å². The topological polar surface area (TPSA) is 116 Å². The van der Waals surface area contributed by atoms with E-state index in [1.165, 1.54) is 6.33 Å². The van der Waals surface area contributed by atoms with Gasteiger partial charge >= 0.3 is 5.69 Å². The molecule has 106 valence electrons. The summed E-state index contributed by atoms with van der Waals surface area (Å²) in [6, 6.07) is 0. The largest absolute Gasteiger partial charge is 0.379 e. The molecule has 0 radical (unpaired) electrons. The first kappa shape index (κ1) is 15.1. The maximum absolute atomic E-state index is 10.8. The Morgan fingerprint density at radius 1 is 1.47 bits per heavy atom. The smallest absolute Gasteiger partial charge is 0.352 e. The predicted octanol–water partition coefficient (Wildman–Crippen LogP) is 1.58. The highest BCUT2D eigenvalue weighted by molar-refractivity contribution is 5.67. The van der Waals surface area contributed by atoms with Crippen LogP contribution in [0.5, 0.6) is 0 Å². The molecule has 0 spiro atoms. The predicted molar refractivity (Wildman–Crippen MR) is 71.9 cm³/mol. The van der Waals surface area contributed by atoms with Crippen LogP contribution in [0.1, 0.15) is 26.7 Å². The minimum absolute atomic E-state index is 0.134. The summed E-state index contributed by atoms with van der Waals surface area (Å²) < 4.78 is 5.39. The Balaban J connectivity index is 2.41. The van der Waals surface area contributed by atoms with E-state index < -0.39 is 4.92 Å². The molecule has 1 rings (SSSR count). The number of nitrogens with one attached hydrogen (secondary N) is 1. The second-order valence-corrected chi connectivity index (χ2v) is 4.27. The number of hydrogen-bond donors (Lipinski definition) is 2. The summed E-state index contributed by atoms with van der Waals surface area (Å²) in [5.74, 6) is 0.0212. The van der Waals surface area contributed by atoms with Gasteiger partial charge in [0.1, 0.15) is 6.33 Å². The van der Waals surface area contributed by atoms with Crippen LogP contribution < -0.4 is 11.1 Å². The zero-order valence-electron chi connectivity index (χ0n) is 11.1. The zero-order chi connectivity index (χ0) is 14.3. The van der Waals surface area contributed by atoms with Crippen molar-refractivity contribution in [3.8, 4) is 0 Å². The minimum atomic E-state index is -0.584. The van der Waals surface area contributed by atoms with Crippen LogP contribution in [-0.4, -0.2) is 34.1 Å². The van der Waals surface area contributed by atoms with Crippen molar-refractivity contribution in [3.63, 3.8) is 0 Å². The summed E-state index contributed by atoms with van der Waals surface area (Å²) in [6.07, 6.45) is 3.12.